The fourth-order valence-electron chi connectivity index (χ4n) is 2.78. The lowest BCUT2D eigenvalue weighted by Gasteiger charge is -2.36. The summed E-state index contributed by atoms with van der Waals surface area (Å²) in [5.41, 5.74) is 4.04. The predicted octanol–water partition coefficient (Wildman–Crippen LogP) is 0.316. The van der Waals surface area contributed by atoms with Gasteiger partial charge in [0.2, 0.25) is 0 Å². The van der Waals surface area contributed by atoms with Crippen molar-refractivity contribution >= 4 is 11.8 Å². The van der Waals surface area contributed by atoms with E-state index in [9.17, 15) is 15.0 Å². The zero-order chi connectivity index (χ0) is 18.9. The van der Waals surface area contributed by atoms with Gasteiger partial charge in [-0.05, 0) is 18.9 Å². The average molecular weight is 353 g/mol. The summed E-state index contributed by atoms with van der Waals surface area (Å²) >= 11 is 0. The number of carbonyl (C=O) groups is 1. The summed E-state index contributed by atoms with van der Waals surface area (Å²) in [6.07, 6.45) is 0.298. The van der Waals surface area contributed by atoms with E-state index in [-0.39, 0.29) is 23.5 Å². The second-order valence-electron chi connectivity index (χ2n) is 7.00. The Bertz CT molecular complexity index is 599. The van der Waals surface area contributed by atoms with Crippen LogP contribution in [0.4, 0.5) is 0 Å². The van der Waals surface area contributed by atoms with Gasteiger partial charge in [-0.25, -0.2) is 4.99 Å². The van der Waals surface area contributed by atoms with E-state index in [4.69, 9.17) is 15.2 Å². The Hall–Kier alpha value is -1.90. The zero-order valence-corrected chi connectivity index (χ0v) is 15.0. The molecule has 1 fully saturated rings. The number of amidine groups is 1. The topological polar surface area (TPSA) is 118 Å². The van der Waals surface area contributed by atoms with Crippen molar-refractivity contribution in [2.24, 2.45) is 22.6 Å². The Balaban J connectivity index is 2.23. The number of hydrogen-bond donors (Lipinski definition) is 3. The van der Waals surface area contributed by atoms with Crippen molar-refractivity contribution in [3.63, 3.8) is 0 Å². The number of nitrogens with zero attached hydrogens (tertiary/aromatic N) is 2. The predicted molar refractivity (Wildman–Crippen MR) is 92.0 cm³/mol. The van der Waals surface area contributed by atoms with Gasteiger partial charge in [0, 0.05) is 6.20 Å². The van der Waals surface area contributed by atoms with Gasteiger partial charge in [0.15, 0.2) is 12.3 Å². The van der Waals surface area contributed by atoms with Crippen LogP contribution in [0.3, 0.4) is 0 Å². The van der Waals surface area contributed by atoms with Crippen LogP contribution in [0.25, 0.3) is 0 Å². The molecule has 25 heavy (non-hydrogen) atoms. The number of aliphatic hydroxyl groups excluding tert-OH is 1. The molecule has 0 amide bonds. The number of carbonyl (C=O) groups excluding carboxylic acids is 1. The molecule has 0 bridgehead atoms. The molecule has 1 saturated heterocycles. The van der Waals surface area contributed by atoms with Crippen LogP contribution in [-0.4, -0.2) is 57.6 Å². The number of nitrogens with two attached hydrogens (primary N) is 1. The van der Waals surface area contributed by atoms with Crippen LogP contribution in [0, 0.1) is 11.8 Å². The summed E-state index contributed by atoms with van der Waals surface area (Å²) in [6.45, 7) is 10.5. The van der Waals surface area contributed by atoms with Crippen LogP contribution in [-0.2, 0) is 14.3 Å². The van der Waals surface area contributed by atoms with Gasteiger partial charge in [0.1, 0.15) is 23.4 Å². The van der Waals surface area contributed by atoms with Crippen LogP contribution < -0.4 is 5.73 Å². The van der Waals surface area contributed by atoms with Gasteiger partial charge in [-0.15, -0.1) is 0 Å². The van der Waals surface area contributed by atoms with Crippen molar-refractivity contribution < 1.29 is 24.5 Å². The smallest absolute Gasteiger partial charge is 0.309 e. The minimum Gasteiger partial charge on any atom is -0.456 e. The third-order valence-corrected chi connectivity index (χ3v) is 4.73. The number of esters is 1. The maximum atomic E-state index is 12.3. The van der Waals surface area contributed by atoms with Gasteiger partial charge in [0.25, 0.3) is 0 Å². The fourth-order valence-corrected chi connectivity index (χ4v) is 2.78. The van der Waals surface area contributed by atoms with Gasteiger partial charge < -0.3 is 30.3 Å². The summed E-state index contributed by atoms with van der Waals surface area (Å²) < 4.78 is 11.3. The number of ether oxygens (including phenoxy) is 2. The number of rotatable bonds is 5. The Morgan fingerprint density at radius 2 is 2.20 bits per heavy atom. The summed E-state index contributed by atoms with van der Waals surface area (Å²) in [5, 5.41) is 20.6. The van der Waals surface area contributed by atoms with Crippen molar-refractivity contribution in [3.8, 4) is 0 Å². The van der Waals surface area contributed by atoms with Gasteiger partial charge in [-0.2, -0.15) is 0 Å². The fraction of sp³-hybridized carbons (Fsp3) is 0.647. The summed E-state index contributed by atoms with van der Waals surface area (Å²) in [5.74, 6) is -0.136. The molecule has 0 aromatic heterocycles. The quantitative estimate of drug-likeness (QED) is 0.609. The third kappa shape index (κ3) is 3.70. The van der Waals surface area contributed by atoms with Gasteiger partial charge in [0.05, 0.1) is 12.5 Å². The Labute approximate surface area is 147 Å². The number of hydrogen-bond acceptors (Lipinski definition) is 8. The van der Waals surface area contributed by atoms with E-state index in [2.05, 4.69) is 11.6 Å². The molecule has 0 spiro atoms. The van der Waals surface area contributed by atoms with E-state index < -0.39 is 36.6 Å². The van der Waals surface area contributed by atoms with Gasteiger partial charge in [-0.3, -0.25) is 4.79 Å². The lowest BCUT2D eigenvalue weighted by atomic mass is 9.94. The molecule has 5 atom stereocenters. The summed E-state index contributed by atoms with van der Waals surface area (Å²) in [7, 11) is 0. The molecule has 0 radical (unpaired) electrons. The Kier molecular flexibility index (Phi) is 5.55. The molecule has 8 heteroatoms. The van der Waals surface area contributed by atoms with Gasteiger partial charge in [-0.1, -0.05) is 27.4 Å². The molecule has 8 nitrogen and oxygen atoms in total. The molecule has 0 aliphatic carbocycles. The molecular weight excluding hydrogens is 326 g/mol. The largest absolute Gasteiger partial charge is 0.456 e. The molecule has 2 aliphatic heterocycles. The molecule has 0 saturated carbocycles. The molecule has 2 unspecified atom stereocenters. The minimum atomic E-state index is -1.59. The van der Waals surface area contributed by atoms with Crippen LogP contribution in [0.5, 0.6) is 0 Å². The maximum Gasteiger partial charge on any atom is 0.309 e. The summed E-state index contributed by atoms with van der Waals surface area (Å²) in [6, 6.07) is 0. The molecule has 0 aromatic rings. The second kappa shape index (κ2) is 7.15. The van der Waals surface area contributed by atoms with E-state index in [1.54, 1.807) is 19.2 Å². The van der Waals surface area contributed by atoms with Crippen molar-refractivity contribution in [2.75, 3.05) is 6.61 Å². The highest BCUT2D eigenvalue weighted by Gasteiger charge is 2.57. The molecule has 140 valence electrons. The van der Waals surface area contributed by atoms with Crippen molar-refractivity contribution in [1.29, 1.82) is 0 Å². The molecule has 0 aromatic carbocycles. The van der Waals surface area contributed by atoms with E-state index in [0.717, 1.165) is 0 Å². The first-order chi connectivity index (χ1) is 11.6. The lowest BCUT2D eigenvalue weighted by Crippen LogP contribution is -2.53. The highest BCUT2D eigenvalue weighted by molar-refractivity contribution is 5.92. The van der Waals surface area contributed by atoms with Crippen molar-refractivity contribution in [2.45, 2.75) is 51.7 Å². The van der Waals surface area contributed by atoms with E-state index in [1.165, 1.54) is 11.8 Å². The maximum absolute atomic E-state index is 12.3. The normalized spacial score (nSPS) is 33.6. The molecular formula is C17H27N3O5. The highest BCUT2D eigenvalue weighted by atomic mass is 16.6. The van der Waals surface area contributed by atoms with E-state index >= 15 is 0 Å². The van der Waals surface area contributed by atoms with E-state index in [1.807, 2.05) is 13.8 Å². The van der Waals surface area contributed by atoms with Crippen molar-refractivity contribution in [1.82, 2.24) is 4.90 Å². The Morgan fingerprint density at radius 1 is 1.56 bits per heavy atom. The zero-order valence-electron chi connectivity index (χ0n) is 15.0. The number of aliphatic hydroxyl groups is 2. The standard InChI is InChI=1S/C17H27N3O5/c1-9(2)10(3)15(22)25-14-12(8-21)24-16(17(14,5)23)20-7-6-13(18)19-11(20)4/h6-7,9-10,12,14,16,21,23H,4,8H2,1-3,5H3,(H2,18,19)/t10?,12-,14?,16-,17+/m1/s1. The first-order valence-corrected chi connectivity index (χ1v) is 8.28. The molecule has 2 rings (SSSR count). The molecule has 2 aliphatic rings. The monoisotopic (exact) mass is 353 g/mol. The first kappa shape index (κ1) is 19.4. The van der Waals surface area contributed by atoms with Crippen LogP contribution >= 0.6 is 0 Å². The second-order valence-corrected chi connectivity index (χ2v) is 7.00. The average Bonchev–Trinajstić information content (AvgIpc) is 2.77. The third-order valence-electron chi connectivity index (χ3n) is 4.73. The van der Waals surface area contributed by atoms with Crippen LogP contribution in [0.1, 0.15) is 27.7 Å². The van der Waals surface area contributed by atoms with E-state index in [0.29, 0.717) is 0 Å². The summed E-state index contributed by atoms with van der Waals surface area (Å²) in [4.78, 5) is 17.9. The minimum absolute atomic E-state index is 0.0882. The first-order valence-electron chi connectivity index (χ1n) is 8.28. The van der Waals surface area contributed by atoms with Crippen molar-refractivity contribution in [3.05, 3.63) is 24.7 Å². The highest BCUT2D eigenvalue weighted by Crippen LogP contribution is 2.38. The number of aliphatic imine (C=N–C) groups is 1. The SMILES string of the molecule is C=C1N=C(N)C=CN1[C@@H]1O[C@H](CO)C(OC(=O)C(C)C(C)C)[C@]1(C)O. The lowest BCUT2D eigenvalue weighted by molar-refractivity contribution is -0.170. The van der Waals surface area contributed by atoms with Gasteiger partial charge >= 0.3 is 5.97 Å². The van der Waals surface area contributed by atoms with Crippen LogP contribution in [0.2, 0.25) is 0 Å². The van der Waals surface area contributed by atoms with Crippen LogP contribution in [0.15, 0.2) is 29.7 Å². The molecule has 4 N–H and O–H groups in total. The molecule has 2 heterocycles. The Morgan fingerprint density at radius 3 is 2.72 bits per heavy atom.